The van der Waals surface area contributed by atoms with Gasteiger partial charge in [0.05, 0.1) is 19.9 Å². The van der Waals surface area contributed by atoms with E-state index in [4.69, 9.17) is 9.47 Å². The molecule has 0 bridgehead atoms. The van der Waals surface area contributed by atoms with Crippen LogP contribution in [0.2, 0.25) is 0 Å². The van der Waals surface area contributed by atoms with Crippen LogP contribution in [0.5, 0.6) is 11.5 Å². The summed E-state index contributed by atoms with van der Waals surface area (Å²) in [6.07, 6.45) is 1.32. The number of ether oxygens (including phenoxy) is 2. The third-order valence-corrected chi connectivity index (χ3v) is 4.30. The van der Waals surface area contributed by atoms with Gasteiger partial charge in [-0.1, -0.05) is 18.2 Å². The lowest BCUT2D eigenvalue weighted by Gasteiger charge is -2.11. The summed E-state index contributed by atoms with van der Waals surface area (Å²) in [5.74, 6) is 0.728. The number of carbonyl (C=O) groups excluding carboxylic acids is 2. The molecule has 29 heavy (non-hydrogen) atoms. The van der Waals surface area contributed by atoms with Crippen molar-refractivity contribution in [2.45, 2.75) is 0 Å². The molecular weight excluding hydrogens is 366 g/mol. The fraction of sp³-hybridized carbons (Fsp3) is 0.0833. The van der Waals surface area contributed by atoms with Crippen LogP contribution in [0, 0.1) is 0 Å². The molecule has 3 aromatic carbocycles. The maximum absolute atomic E-state index is 13.1. The number of anilines is 1. The summed E-state index contributed by atoms with van der Waals surface area (Å²) in [5, 5.41) is 3.06. The molecule has 0 heterocycles. The first-order valence-electron chi connectivity index (χ1n) is 9.01. The molecule has 1 N–H and O–H groups in total. The maximum atomic E-state index is 13.1. The van der Waals surface area contributed by atoms with Gasteiger partial charge in [0, 0.05) is 22.9 Å². The largest absolute Gasteiger partial charge is 0.497 e. The fourth-order valence-corrected chi connectivity index (χ4v) is 2.70. The summed E-state index contributed by atoms with van der Waals surface area (Å²) in [5.41, 5.74) is 1.80. The zero-order valence-corrected chi connectivity index (χ0v) is 16.2. The Kier molecular flexibility index (Phi) is 6.43. The minimum Gasteiger partial charge on any atom is -0.497 e. The summed E-state index contributed by atoms with van der Waals surface area (Å²) in [6.45, 7) is 0. The van der Waals surface area contributed by atoms with Gasteiger partial charge >= 0.3 is 0 Å². The van der Waals surface area contributed by atoms with E-state index < -0.39 is 0 Å². The van der Waals surface area contributed by atoms with Crippen LogP contribution in [0.1, 0.15) is 20.7 Å². The number of nitrogens with one attached hydrogen (secondary N) is 1. The quantitative estimate of drug-likeness (QED) is 0.446. The Balaban J connectivity index is 1.93. The summed E-state index contributed by atoms with van der Waals surface area (Å²) in [6, 6.07) is 22.7. The van der Waals surface area contributed by atoms with Crippen LogP contribution in [0.3, 0.4) is 0 Å². The molecule has 0 radical (unpaired) electrons. The molecule has 0 unspecified atom stereocenters. The van der Waals surface area contributed by atoms with Crippen LogP contribution < -0.4 is 14.8 Å². The number of benzene rings is 3. The van der Waals surface area contributed by atoms with Crippen LogP contribution in [0.4, 0.5) is 5.69 Å². The van der Waals surface area contributed by atoms with E-state index in [1.807, 2.05) is 30.3 Å². The van der Waals surface area contributed by atoms with Gasteiger partial charge in [0.1, 0.15) is 11.5 Å². The van der Waals surface area contributed by atoms with Crippen molar-refractivity contribution in [1.82, 2.24) is 0 Å². The summed E-state index contributed by atoms with van der Waals surface area (Å²) >= 11 is 0. The summed E-state index contributed by atoms with van der Waals surface area (Å²) < 4.78 is 10.3. The monoisotopic (exact) mass is 387 g/mol. The van der Waals surface area contributed by atoms with Crippen molar-refractivity contribution < 1.29 is 19.1 Å². The lowest BCUT2D eigenvalue weighted by molar-refractivity contribution is 0.101. The van der Waals surface area contributed by atoms with Crippen LogP contribution in [0.15, 0.2) is 90.6 Å². The number of Topliss-reactive ketones (excluding diaryl/α,β-unsaturated/α-hetero) is 1. The van der Waals surface area contributed by atoms with E-state index in [0.717, 1.165) is 0 Å². The predicted molar refractivity (Wildman–Crippen MR) is 113 cm³/mol. The van der Waals surface area contributed by atoms with Gasteiger partial charge in [0.15, 0.2) is 5.78 Å². The average Bonchev–Trinajstić information content (AvgIpc) is 2.79. The van der Waals surface area contributed by atoms with Gasteiger partial charge in [0.2, 0.25) is 5.78 Å². The van der Waals surface area contributed by atoms with E-state index in [9.17, 15) is 9.59 Å². The van der Waals surface area contributed by atoms with E-state index in [-0.39, 0.29) is 17.3 Å². The zero-order valence-electron chi connectivity index (χ0n) is 16.2. The van der Waals surface area contributed by atoms with Crippen molar-refractivity contribution >= 4 is 17.3 Å². The molecule has 0 saturated carbocycles. The normalized spacial score (nSPS) is 10.9. The first-order valence-corrected chi connectivity index (χ1v) is 9.01. The van der Waals surface area contributed by atoms with Gasteiger partial charge < -0.3 is 14.8 Å². The highest BCUT2D eigenvalue weighted by Gasteiger charge is 2.16. The third kappa shape index (κ3) is 5.11. The lowest BCUT2D eigenvalue weighted by Crippen LogP contribution is -2.14. The number of ketones is 2. The van der Waals surface area contributed by atoms with Gasteiger partial charge in [0.25, 0.3) is 0 Å². The highest BCUT2D eigenvalue weighted by Crippen LogP contribution is 2.18. The van der Waals surface area contributed by atoms with Crippen LogP contribution >= 0.6 is 0 Å². The second-order valence-electron chi connectivity index (χ2n) is 6.20. The van der Waals surface area contributed by atoms with Gasteiger partial charge in [-0.3, -0.25) is 9.59 Å². The van der Waals surface area contributed by atoms with E-state index in [1.165, 1.54) is 6.08 Å². The van der Waals surface area contributed by atoms with E-state index in [1.54, 1.807) is 62.8 Å². The van der Waals surface area contributed by atoms with Crippen molar-refractivity contribution in [2.75, 3.05) is 19.5 Å². The fourth-order valence-electron chi connectivity index (χ4n) is 2.70. The molecule has 0 aliphatic rings. The third-order valence-electron chi connectivity index (χ3n) is 4.30. The first kappa shape index (κ1) is 19.9. The van der Waals surface area contributed by atoms with Crippen molar-refractivity contribution in [2.24, 2.45) is 0 Å². The molecule has 0 atom stereocenters. The highest BCUT2D eigenvalue weighted by molar-refractivity contribution is 6.16. The van der Waals surface area contributed by atoms with E-state index >= 15 is 0 Å². The van der Waals surface area contributed by atoms with E-state index in [2.05, 4.69) is 5.32 Å². The molecule has 146 valence electrons. The minimum atomic E-state index is -0.293. The molecule has 3 aromatic rings. The molecule has 0 fully saturated rings. The molecule has 0 amide bonds. The predicted octanol–water partition coefficient (Wildman–Crippen LogP) is 4.77. The Bertz CT molecular complexity index is 1010. The Morgan fingerprint density at radius 1 is 0.724 bits per heavy atom. The minimum absolute atomic E-state index is 0.183. The van der Waals surface area contributed by atoms with Gasteiger partial charge in [-0.15, -0.1) is 0 Å². The average molecular weight is 387 g/mol. The van der Waals surface area contributed by atoms with Crippen LogP contribution in [-0.2, 0) is 0 Å². The van der Waals surface area contributed by atoms with Crippen molar-refractivity contribution in [3.63, 3.8) is 0 Å². The molecule has 5 heteroatoms. The number of hydrogen-bond acceptors (Lipinski definition) is 5. The van der Waals surface area contributed by atoms with Gasteiger partial charge in [-0.05, 0) is 60.7 Å². The second kappa shape index (κ2) is 9.37. The molecule has 0 aliphatic carbocycles. The summed E-state index contributed by atoms with van der Waals surface area (Å²) in [4.78, 5) is 25.8. The number of allylic oxidation sites excluding steroid dienone is 2. The Labute approximate surface area is 169 Å². The number of carbonyl (C=O) groups is 2. The van der Waals surface area contributed by atoms with Crippen LogP contribution in [0.25, 0.3) is 0 Å². The maximum Gasteiger partial charge on any atom is 0.209 e. The van der Waals surface area contributed by atoms with Gasteiger partial charge in [-0.25, -0.2) is 0 Å². The Morgan fingerprint density at radius 3 is 1.76 bits per heavy atom. The first-order chi connectivity index (χ1) is 14.1. The second-order valence-corrected chi connectivity index (χ2v) is 6.20. The summed E-state index contributed by atoms with van der Waals surface area (Å²) in [7, 11) is 3.12. The lowest BCUT2D eigenvalue weighted by atomic mass is 10.0. The SMILES string of the molecule is COc1ccc(C(=O)/C=C(\Nc2ccccc2)C(=O)c2ccc(OC)cc2)cc1. The number of methoxy groups -OCH3 is 2. The van der Waals surface area contributed by atoms with Gasteiger partial charge in [-0.2, -0.15) is 0 Å². The molecule has 0 spiro atoms. The molecule has 5 nitrogen and oxygen atoms in total. The zero-order chi connectivity index (χ0) is 20.6. The molecule has 0 aliphatic heterocycles. The van der Waals surface area contributed by atoms with Crippen molar-refractivity contribution in [1.29, 1.82) is 0 Å². The van der Waals surface area contributed by atoms with Crippen molar-refractivity contribution in [3.05, 3.63) is 102 Å². The molecule has 3 rings (SSSR count). The number of rotatable bonds is 8. The number of hydrogen-bond donors (Lipinski definition) is 1. The van der Waals surface area contributed by atoms with Crippen LogP contribution in [-0.4, -0.2) is 25.8 Å². The molecule has 0 aromatic heterocycles. The smallest absolute Gasteiger partial charge is 0.209 e. The Morgan fingerprint density at radius 2 is 1.24 bits per heavy atom. The Hall–Kier alpha value is -3.86. The number of para-hydroxylation sites is 1. The highest BCUT2D eigenvalue weighted by atomic mass is 16.5. The molecule has 0 saturated heterocycles. The van der Waals surface area contributed by atoms with E-state index in [0.29, 0.717) is 28.3 Å². The molecular formula is C24H21NO4. The van der Waals surface area contributed by atoms with Crippen molar-refractivity contribution in [3.8, 4) is 11.5 Å². The standard InChI is InChI=1S/C24H21NO4/c1-28-20-12-8-17(9-13-20)23(26)16-22(25-19-6-4-3-5-7-19)24(27)18-10-14-21(29-2)15-11-18/h3-16,25H,1-2H3/b22-16-. The topological polar surface area (TPSA) is 64.6 Å².